The minimum Gasteiger partial charge on any atom is -0.369 e. The van der Waals surface area contributed by atoms with E-state index in [1.165, 1.54) is 18.2 Å². The van der Waals surface area contributed by atoms with Gasteiger partial charge in [0.25, 0.3) is 5.91 Å². The summed E-state index contributed by atoms with van der Waals surface area (Å²) in [4.78, 5) is 25.8. The Hall–Kier alpha value is -4.25. The summed E-state index contributed by atoms with van der Waals surface area (Å²) in [5.41, 5.74) is 6.33. The monoisotopic (exact) mass is 538 g/mol. The van der Waals surface area contributed by atoms with Crippen LogP contribution in [0.2, 0.25) is 0 Å². The number of nitrogen functional groups attached to an aromatic ring is 1. The molecule has 202 valence electrons. The lowest BCUT2D eigenvalue weighted by atomic mass is 10.0. The first-order valence-corrected chi connectivity index (χ1v) is 12.3. The van der Waals surface area contributed by atoms with Crippen molar-refractivity contribution >= 4 is 34.1 Å². The predicted octanol–water partition coefficient (Wildman–Crippen LogP) is 5.43. The lowest BCUT2D eigenvalue weighted by Gasteiger charge is -2.29. The van der Waals surface area contributed by atoms with Crippen LogP contribution < -0.4 is 16.0 Å². The zero-order valence-corrected chi connectivity index (χ0v) is 21.3. The number of likely N-dealkylation sites (tertiary alicyclic amines) is 1. The van der Waals surface area contributed by atoms with E-state index in [4.69, 9.17) is 5.73 Å². The molecule has 1 atom stereocenters. The Kier molecular flexibility index (Phi) is 6.85. The fourth-order valence-electron chi connectivity index (χ4n) is 4.90. The Bertz CT molecular complexity index is 1560. The minimum atomic E-state index is -4.62. The van der Waals surface area contributed by atoms with Crippen molar-refractivity contribution in [2.45, 2.75) is 18.6 Å². The highest BCUT2D eigenvalue weighted by atomic mass is 19.4. The van der Waals surface area contributed by atoms with Gasteiger partial charge in [-0.1, -0.05) is 18.2 Å². The number of halogens is 4. The molecule has 1 aliphatic heterocycles. The number of aromatic nitrogens is 2. The van der Waals surface area contributed by atoms with Crippen LogP contribution in [0, 0.1) is 5.82 Å². The molecule has 1 aliphatic rings. The van der Waals surface area contributed by atoms with Crippen LogP contribution in [-0.4, -0.2) is 54.0 Å². The maximum Gasteiger partial charge on any atom is 0.416 e. The number of alkyl halides is 3. The number of nitrogens with zero attached hydrogens (tertiary/aromatic N) is 4. The molecule has 0 aliphatic carbocycles. The zero-order chi connectivity index (χ0) is 27.9. The van der Waals surface area contributed by atoms with Gasteiger partial charge in [0.2, 0.25) is 5.95 Å². The van der Waals surface area contributed by atoms with Gasteiger partial charge in [0.15, 0.2) is 0 Å². The topological polar surface area (TPSA) is 87.4 Å². The van der Waals surface area contributed by atoms with Gasteiger partial charge in [0.1, 0.15) is 5.82 Å². The number of benzene rings is 3. The molecule has 7 nitrogen and oxygen atoms in total. The van der Waals surface area contributed by atoms with Crippen LogP contribution in [0.4, 0.5) is 34.9 Å². The number of fused-ring (bicyclic) bond motifs is 1. The average Bonchev–Trinajstić information content (AvgIpc) is 3.33. The van der Waals surface area contributed by atoms with Crippen LogP contribution in [-0.2, 0) is 6.18 Å². The molecule has 1 aromatic heterocycles. The van der Waals surface area contributed by atoms with E-state index in [1.54, 1.807) is 31.3 Å². The molecule has 1 saturated heterocycles. The van der Waals surface area contributed by atoms with Gasteiger partial charge in [0.05, 0.1) is 33.7 Å². The van der Waals surface area contributed by atoms with Crippen LogP contribution in [0.15, 0.2) is 60.7 Å². The van der Waals surface area contributed by atoms with E-state index >= 15 is 0 Å². The lowest BCUT2D eigenvalue weighted by Crippen LogP contribution is -2.34. The van der Waals surface area contributed by atoms with Gasteiger partial charge in [-0.25, -0.2) is 14.4 Å². The maximum atomic E-state index is 14.9. The third-order valence-electron chi connectivity index (χ3n) is 6.97. The van der Waals surface area contributed by atoms with Gasteiger partial charge in [-0.15, -0.1) is 0 Å². The van der Waals surface area contributed by atoms with Crippen molar-refractivity contribution in [3.63, 3.8) is 0 Å². The molecule has 3 aromatic carbocycles. The van der Waals surface area contributed by atoms with Gasteiger partial charge in [-0.2, -0.15) is 13.2 Å². The van der Waals surface area contributed by atoms with Gasteiger partial charge in [-0.3, -0.25) is 4.79 Å². The van der Waals surface area contributed by atoms with Crippen LogP contribution in [0.25, 0.3) is 22.2 Å². The van der Waals surface area contributed by atoms with E-state index in [0.29, 0.717) is 27.8 Å². The average molecular weight is 539 g/mol. The molecule has 1 fully saturated rings. The minimum absolute atomic E-state index is 0.00762. The van der Waals surface area contributed by atoms with E-state index < -0.39 is 23.5 Å². The van der Waals surface area contributed by atoms with Crippen LogP contribution in [0.5, 0.6) is 0 Å². The molecule has 0 bridgehead atoms. The number of nitrogens with one attached hydrogen (secondary N) is 1. The van der Waals surface area contributed by atoms with E-state index in [0.717, 1.165) is 37.7 Å². The molecule has 0 spiro atoms. The zero-order valence-electron chi connectivity index (χ0n) is 21.3. The van der Waals surface area contributed by atoms with Crippen molar-refractivity contribution in [1.82, 2.24) is 14.9 Å². The first kappa shape index (κ1) is 26.4. The number of hydrogen-bond donors (Lipinski definition) is 2. The highest BCUT2D eigenvalue weighted by Gasteiger charge is 2.33. The molecule has 0 saturated carbocycles. The number of amides is 1. The predicted molar refractivity (Wildman–Crippen MR) is 143 cm³/mol. The van der Waals surface area contributed by atoms with Crippen LogP contribution >= 0.6 is 0 Å². The van der Waals surface area contributed by atoms with Crippen LogP contribution in [0.1, 0.15) is 22.3 Å². The molecular formula is C28H26F4N6O. The fourth-order valence-corrected chi connectivity index (χ4v) is 4.90. The standard InChI is InChI=1S/C28H26F4N6O/c1-37-12-11-18(15-37)38(2)24-10-8-17(28(30,31)32)14-23(24)34-26(39)20-13-16(7-9-21(20)29)25-19-5-3-4-6-22(19)35-27(33)36-25/h3-10,13-14,18H,11-12,15H2,1-2H3,(H,34,39)(H2,33,35,36)/t18-/m1/s1. The molecule has 3 N–H and O–H groups in total. The molecule has 2 heterocycles. The summed E-state index contributed by atoms with van der Waals surface area (Å²) in [6.07, 6.45) is -3.81. The summed E-state index contributed by atoms with van der Waals surface area (Å²) >= 11 is 0. The van der Waals surface area contributed by atoms with Crippen molar-refractivity contribution in [1.29, 1.82) is 0 Å². The number of hydrogen-bond acceptors (Lipinski definition) is 6. The second-order valence-corrected chi connectivity index (χ2v) is 9.64. The summed E-state index contributed by atoms with van der Waals surface area (Å²) in [7, 11) is 3.74. The fraction of sp³-hybridized carbons (Fsp3) is 0.250. The maximum absolute atomic E-state index is 14.9. The molecule has 0 radical (unpaired) electrons. The van der Waals surface area contributed by atoms with E-state index in [1.807, 2.05) is 11.9 Å². The lowest BCUT2D eigenvalue weighted by molar-refractivity contribution is -0.137. The van der Waals surface area contributed by atoms with E-state index in [-0.39, 0.29) is 23.2 Å². The summed E-state index contributed by atoms with van der Waals surface area (Å²) in [6, 6.07) is 14.2. The molecule has 1 amide bonds. The number of likely N-dealkylation sites (N-methyl/N-ethyl adjacent to an activating group) is 2. The van der Waals surface area contributed by atoms with Gasteiger partial charge < -0.3 is 20.9 Å². The summed E-state index contributed by atoms with van der Waals surface area (Å²) in [6.45, 7) is 1.56. The smallest absolute Gasteiger partial charge is 0.369 e. The second-order valence-electron chi connectivity index (χ2n) is 9.64. The first-order chi connectivity index (χ1) is 18.5. The molecule has 4 aromatic rings. The quantitative estimate of drug-likeness (QED) is 0.330. The summed E-state index contributed by atoms with van der Waals surface area (Å²) in [5.74, 6) is -1.71. The Labute approximate surface area is 222 Å². The Morgan fingerprint density at radius 2 is 1.87 bits per heavy atom. The Morgan fingerprint density at radius 3 is 2.59 bits per heavy atom. The second kappa shape index (κ2) is 10.1. The molecule has 5 rings (SSSR count). The number of para-hydroxylation sites is 1. The summed E-state index contributed by atoms with van der Waals surface area (Å²) in [5, 5.41) is 3.18. The first-order valence-electron chi connectivity index (χ1n) is 12.3. The largest absolute Gasteiger partial charge is 0.416 e. The number of rotatable bonds is 5. The number of nitrogens with two attached hydrogens (primary N) is 1. The SMILES string of the molecule is CN1CC[C@@H](N(C)c2ccc(C(F)(F)F)cc2NC(=O)c2cc(-c3nc(N)nc4ccccc34)ccc2F)C1. The van der Waals surface area contributed by atoms with Crippen molar-refractivity contribution in [3.8, 4) is 11.3 Å². The van der Waals surface area contributed by atoms with Crippen molar-refractivity contribution in [2.75, 3.05) is 43.1 Å². The molecule has 39 heavy (non-hydrogen) atoms. The van der Waals surface area contributed by atoms with Crippen molar-refractivity contribution in [2.24, 2.45) is 0 Å². The number of carbonyl (C=O) groups is 1. The molecule has 0 unspecified atom stereocenters. The van der Waals surface area contributed by atoms with E-state index in [2.05, 4.69) is 20.2 Å². The highest BCUT2D eigenvalue weighted by molar-refractivity contribution is 6.07. The summed E-state index contributed by atoms with van der Waals surface area (Å²) < 4.78 is 55.6. The number of anilines is 3. The molecule has 11 heteroatoms. The normalized spacial score (nSPS) is 16.0. The number of carbonyl (C=O) groups excluding carboxylic acids is 1. The molecular weight excluding hydrogens is 512 g/mol. The van der Waals surface area contributed by atoms with Gasteiger partial charge in [0, 0.05) is 30.6 Å². The van der Waals surface area contributed by atoms with Crippen LogP contribution in [0.3, 0.4) is 0 Å². The Morgan fingerprint density at radius 1 is 1.10 bits per heavy atom. The van der Waals surface area contributed by atoms with Gasteiger partial charge >= 0.3 is 6.18 Å². The highest BCUT2D eigenvalue weighted by Crippen LogP contribution is 2.37. The van der Waals surface area contributed by atoms with E-state index in [9.17, 15) is 22.4 Å². The Balaban J connectivity index is 1.53. The third kappa shape index (κ3) is 5.35. The third-order valence-corrected chi connectivity index (χ3v) is 6.97. The van der Waals surface area contributed by atoms with Crippen molar-refractivity contribution < 1.29 is 22.4 Å². The van der Waals surface area contributed by atoms with Gasteiger partial charge in [-0.05, 0) is 62.5 Å². The van der Waals surface area contributed by atoms with Crippen molar-refractivity contribution in [3.05, 3.63) is 77.6 Å².